The third kappa shape index (κ3) is 3.07. The summed E-state index contributed by atoms with van der Waals surface area (Å²) in [6, 6.07) is 16.0. The third-order valence-electron chi connectivity index (χ3n) is 2.95. The molecule has 5 heteroatoms. The van der Waals surface area contributed by atoms with Crippen molar-refractivity contribution in [3.63, 3.8) is 0 Å². The number of hydrogen-bond donors (Lipinski definition) is 2. The summed E-state index contributed by atoms with van der Waals surface area (Å²) in [6.07, 6.45) is 0. The van der Waals surface area contributed by atoms with Gasteiger partial charge in [-0.1, -0.05) is 30.3 Å². The van der Waals surface area contributed by atoms with Crippen LogP contribution in [0.15, 0.2) is 64.8 Å². The van der Waals surface area contributed by atoms with Crippen molar-refractivity contribution in [1.82, 2.24) is 0 Å². The van der Waals surface area contributed by atoms with E-state index in [-0.39, 0.29) is 0 Å². The molecule has 0 aliphatic rings. The molecule has 2 aromatic carbocycles. The summed E-state index contributed by atoms with van der Waals surface area (Å²) < 4.78 is 0. The highest BCUT2D eigenvalue weighted by atomic mass is 16.4. The first-order valence-corrected chi connectivity index (χ1v) is 6.10. The Balaban J connectivity index is 2.17. The number of carbonyl (C=O) groups is 1. The smallest absolute Gasteiger partial charge is 0.328 e. The van der Waals surface area contributed by atoms with Crippen LogP contribution >= 0.6 is 0 Å². The van der Waals surface area contributed by atoms with Gasteiger partial charge in [-0.3, -0.25) is 0 Å². The predicted molar refractivity (Wildman–Crippen MR) is 76.2 cm³/mol. The van der Waals surface area contributed by atoms with Gasteiger partial charge >= 0.3 is 5.97 Å². The summed E-state index contributed by atoms with van der Waals surface area (Å²) >= 11 is 0. The molecule has 0 aliphatic heterocycles. The first kappa shape index (κ1) is 13.9. The van der Waals surface area contributed by atoms with E-state index in [4.69, 9.17) is 10.8 Å². The van der Waals surface area contributed by atoms with Crippen molar-refractivity contribution in [1.29, 1.82) is 0 Å². The molecule has 102 valence electrons. The molecule has 0 saturated carbocycles. The summed E-state index contributed by atoms with van der Waals surface area (Å²) in [5, 5.41) is 17.2. The number of rotatable bonds is 4. The second-order valence-electron chi connectivity index (χ2n) is 4.59. The van der Waals surface area contributed by atoms with Crippen LogP contribution in [-0.2, 0) is 10.3 Å². The summed E-state index contributed by atoms with van der Waals surface area (Å²) in [7, 11) is 0. The van der Waals surface area contributed by atoms with Crippen molar-refractivity contribution in [2.75, 3.05) is 0 Å². The maximum atomic E-state index is 11.1. The van der Waals surface area contributed by atoms with Gasteiger partial charge in [-0.2, -0.15) is 10.2 Å². The van der Waals surface area contributed by atoms with Gasteiger partial charge in [-0.05, 0) is 36.8 Å². The Morgan fingerprint density at radius 1 is 1.00 bits per heavy atom. The minimum absolute atomic E-state index is 0.517. The van der Waals surface area contributed by atoms with Crippen LogP contribution in [-0.4, -0.2) is 11.1 Å². The zero-order valence-corrected chi connectivity index (χ0v) is 11.0. The molecule has 1 atom stereocenters. The predicted octanol–water partition coefficient (Wildman–Crippen LogP) is 3.36. The molecule has 0 aliphatic carbocycles. The fourth-order valence-electron chi connectivity index (χ4n) is 1.61. The number of aliphatic carboxylic acids is 1. The Hall–Kier alpha value is -2.53. The molecule has 3 N–H and O–H groups in total. The van der Waals surface area contributed by atoms with E-state index in [2.05, 4.69) is 10.2 Å². The molecule has 0 unspecified atom stereocenters. The summed E-state index contributed by atoms with van der Waals surface area (Å²) in [5.41, 5.74) is 6.25. The number of benzene rings is 2. The van der Waals surface area contributed by atoms with Crippen LogP contribution < -0.4 is 5.73 Å². The van der Waals surface area contributed by atoms with E-state index in [1.807, 2.05) is 30.3 Å². The molecule has 2 aromatic rings. The lowest BCUT2D eigenvalue weighted by molar-refractivity contribution is -0.143. The molecule has 0 amide bonds. The molecule has 0 heterocycles. The average Bonchev–Trinajstić information content (AvgIpc) is 2.46. The van der Waals surface area contributed by atoms with Crippen molar-refractivity contribution in [3.8, 4) is 0 Å². The highest BCUT2D eigenvalue weighted by Crippen LogP contribution is 2.23. The second-order valence-corrected chi connectivity index (χ2v) is 4.59. The zero-order chi connectivity index (χ0) is 14.6. The molecule has 0 bridgehead atoms. The molecule has 2 rings (SSSR count). The molecule has 0 aromatic heterocycles. The van der Waals surface area contributed by atoms with Crippen LogP contribution in [0.4, 0.5) is 11.4 Å². The Morgan fingerprint density at radius 3 is 2.00 bits per heavy atom. The molecule has 0 radical (unpaired) electrons. The normalized spacial score (nSPS) is 14.1. The highest BCUT2D eigenvalue weighted by Gasteiger charge is 2.29. The van der Waals surface area contributed by atoms with Crippen LogP contribution in [0.25, 0.3) is 0 Å². The summed E-state index contributed by atoms with van der Waals surface area (Å²) in [4.78, 5) is 11.1. The largest absolute Gasteiger partial charge is 0.480 e. The van der Waals surface area contributed by atoms with Crippen LogP contribution in [0.3, 0.4) is 0 Å². The number of carboxylic acid groups (broad SMARTS) is 1. The number of carboxylic acids is 1. The first-order chi connectivity index (χ1) is 9.50. The quantitative estimate of drug-likeness (QED) is 0.834. The van der Waals surface area contributed by atoms with E-state index in [0.717, 1.165) is 5.69 Å². The monoisotopic (exact) mass is 269 g/mol. The first-order valence-electron chi connectivity index (χ1n) is 6.10. The van der Waals surface area contributed by atoms with Crippen LogP contribution in [0.2, 0.25) is 0 Å². The van der Waals surface area contributed by atoms with Gasteiger partial charge in [0.25, 0.3) is 0 Å². The Bertz CT molecular complexity index is 619. The molecular weight excluding hydrogens is 254 g/mol. The van der Waals surface area contributed by atoms with Gasteiger partial charge in [0.05, 0.1) is 11.4 Å². The van der Waals surface area contributed by atoms with E-state index in [1.54, 1.807) is 24.3 Å². The minimum Gasteiger partial charge on any atom is -0.480 e. The highest BCUT2D eigenvalue weighted by molar-refractivity contribution is 5.80. The van der Waals surface area contributed by atoms with Gasteiger partial charge < -0.3 is 10.8 Å². The van der Waals surface area contributed by atoms with Crippen molar-refractivity contribution in [2.24, 2.45) is 16.0 Å². The average molecular weight is 269 g/mol. The topological polar surface area (TPSA) is 88.0 Å². The van der Waals surface area contributed by atoms with Crippen molar-refractivity contribution >= 4 is 17.3 Å². The van der Waals surface area contributed by atoms with Crippen molar-refractivity contribution in [2.45, 2.75) is 12.5 Å². The molecular formula is C15H15N3O2. The number of nitrogens with zero attached hydrogens (tertiary/aromatic N) is 2. The molecule has 0 fully saturated rings. The molecule has 5 nitrogen and oxygen atoms in total. The van der Waals surface area contributed by atoms with Gasteiger partial charge in [0.1, 0.15) is 5.54 Å². The summed E-state index contributed by atoms with van der Waals surface area (Å²) in [6.45, 7) is 1.45. The lowest BCUT2D eigenvalue weighted by atomic mass is 9.93. The maximum absolute atomic E-state index is 11.1. The van der Waals surface area contributed by atoms with Gasteiger partial charge in [-0.15, -0.1) is 0 Å². The third-order valence-corrected chi connectivity index (χ3v) is 2.95. The Morgan fingerprint density at radius 2 is 1.50 bits per heavy atom. The number of hydrogen-bond acceptors (Lipinski definition) is 4. The van der Waals surface area contributed by atoms with E-state index in [1.165, 1.54) is 6.92 Å². The molecule has 0 saturated heterocycles. The van der Waals surface area contributed by atoms with E-state index < -0.39 is 11.5 Å². The Labute approximate surface area is 116 Å². The number of nitrogens with two attached hydrogens (primary N) is 1. The van der Waals surface area contributed by atoms with Crippen LogP contribution in [0.1, 0.15) is 12.5 Å². The molecule has 20 heavy (non-hydrogen) atoms. The van der Waals surface area contributed by atoms with Crippen molar-refractivity contribution in [3.05, 3.63) is 60.2 Å². The number of azo groups is 1. The second kappa shape index (κ2) is 5.63. The lowest BCUT2D eigenvalue weighted by Gasteiger charge is -2.19. The van der Waals surface area contributed by atoms with E-state index in [0.29, 0.717) is 11.3 Å². The Kier molecular flexibility index (Phi) is 3.91. The van der Waals surface area contributed by atoms with Gasteiger partial charge in [-0.25, -0.2) is 4.79 Å². The molecule has 0 spiro atoms. The minimum atomic E-state index is -1.41. The lowest BCUT2D eigenvalue weighted by Crippen LogP contribution is -2.41. The fourth-order valence-corrected chi connectivity index (χ4v) is 1.61. The van der Waals surface area contributed by atoms with Crippen LogP contribution in [0, 0.1) is 0 Å². The maximum Gasteiger partial charge on any atom is 0.328 e. The summed E-state index contributed by atoms with van der Waals surface area (Å²) in [5.74, 6) is -1.07. The van der Waals surface area contributed by atoms with Gasteiger partial charge in [0.2, 0.25) is 0 Å². The van der Waals surface area contributed by atoms with E-state index >= 15 is 0 Å². The van der Waals surface area contributed by atoms with E-state index in [9.17, 15) is 4.79 Å². The zero-order valence-electron chi connectivity index (χ0n) is 11.0. The standard InChI is InChI=1S/C15H15N3O2/c1-15(16,14(19)20)11-7-9-13(10-8-11)18-17-12-5-3-2-4-6-12/h2-10H,16H2,1H3,(H,19,20)/t15-/m1/s1. The van der Waals surface area contributed by atoms with Crippen molar-refractivity contribution < 1.29 is 9.90 Å². The van der Waals surface area contributed by atoms with Crippen LogP contribution in [0.5, 0.6) is 0 Å². The van der Waals surface area contributed by atoms with Gasteiger partial charge in [0.15, 0.2) is 0 Å². The van der Waals surface area contributed by atoms with Gasteiger partial charge in [0, 0.05) is 0 Å². The SMILES string of the molecule is C[C@](N)(C(=O)O)c1ccc(N=Nc2ccccc2)cc1. The fraction of sp³-hybridized carbons (Fsp3) is 0.133.